The van der Waals surface area contributed by atoms with Crippen molar-refractivity contribution in [2.45, 2.75) is 13.0 Å². The predicted octanol–water partition coefficient (Wildman–Crippen LogP) is 0.0501. The van der Waals surface area contributed by atoms with E-state index in [1.54, 1.807) is 7.11 Å². The first-order valence-electron chi connectivity index (χ1n) is 8.48. The van der Waals surface area contributed by atoms with Gasteiger partial charge in [0.05, 0.1) is 24.4 Å². The average Bonchev–Trinajstić information content (AvgIpc) is 2.86. The summed E-state index contributed by atoms with van der Waals surface area (Å²) >= 11 is 0. The molecule has 8 heteroatoms. The highest BCUT2D eigenvalue weighted by atomic mass is 16.5. The Morgan fingerprint density at radius 3 is 2.92 bits per heavy atom. The molecule has 1 aromatic rings. The topological polar surface area (TPSA) is 95.0 Å². The summed E-state index contributed by atoms with van der Waals surface area (Å²) in [5, 5.41) is 12.0. The van der Waals surface area contributed by atoms with Gasteiger partial charge in [0.1, 0.15) is 0 Å². The van der Waals surface area contributed by atoms with Gasteiger partial charge in [0.15, 0.2) is 0 Å². The molecule has 1 fully saturated rings. The van der Waals surface area contributed by atoms with Gasteiger partial charge in [-0.05, 0) is 25.1 Å². The number of carboxylic acids is 1. The average molecular weight is 350 g/mol. The second-order valence-corrected chi connectivity index (χ2v) is 6.01. The molecule has 0 saturated carbocycles. The van der Waals surface area contributed by atoms with Crippen LogP contribution in [0.25, 0.3) is 0 Å². The Labute approximate surface area is 147 Å². The van der Waals surface area contributed by atoms with Crippen molar-refractivity contribution in [3.63, 3.8) is 0 Å². The number of hydrogen-bond acceptors (Lipinski definition) is 6. The van der Waals surface area contributed by atoms with Crippen LogP contribution in [0.5, 0.6) is 0 Å². The second-order valence-electron chi connectivity index (χ2n) is 6.01. The molecule has 25 heavy (non-hydrogen) atoms. The maximum atomic E-state index is 12.3. The van der Waals surface area contributed by atoms with Crippen LogP contribution in [0.1, 0.15) is 22.5 Å². The van der Waals surface area contributed by atoms with E-state index in [0.717, 1.165) is 39.1 Å². The first-order valence-corrected chi connectivity index (χ1v) is 8.48. The molecule has 0 aromatic carbocycles. The number of rotatable bonds is 8. The van der Waals surface area contributed by atoms with Crippen LogP contribution >= 0.6 is 0 Å². The van der Waals surface area contributed by atoms with Crippen LogP contribution in [0.3, 0.4) is 0 Å². The van der Waals surface area contributed by atoms with Crippen molar-refractivity contribution in [2.75, 3.05) is 53.0 Å². The zero-order chi connectivity index (χ0) is 18.1. The Morgan fingerprint density at radius 2 is 2.16 bits per heavy atom. The molecule has 0 atom stereocenters. The van der Waals surface area contributed by atoms with Gasteiger partial charge < -0.3 is 20.1 Å². The second kappa shape index (κ2) is 10.1. The van der Waals surface area contributed by atoms with Crippen LogP contribution in [0.15, 0.2) is 18.3 Å². The van der Waals surface area contributed by atoms with Gasteiger partial charge in [-0.15, -0.1) is 0 Å². The minimum absolute atomic E-state index is 0.0583. The van der Waals surface area contributed by atoms with Crippen molar-refractivity contribution in [1.29, 1.82) is 0 Å². The Bertz CT molecular complexity index is 582. The fraction of sp³-hybridized carbons (Fsp3) is 0.588. The SMILES string of the molecule is COCCN1CCCN(C(=O)CNCc2cc(C(=O)O)ccn2)CC1. The lowest BCUT2D eigenvalue weighted by Gasteiger charge is -2.22. The summed E-state index contributed by atoms with van der Waals surface area (Å²) in [6.45, 7) is 5.50. The number of carboxylic acid groups (broad SMARTS) is 1. The van der Waals surface area contributed by atoms with Gasteiger partial charge in [0, 0.05) is 46.0 Å². The molecule has 0 aliphatic carbocycles. The molecule has 0 radical (unpaired) electrons. The fourth-order valence-corrected chi connectivity index (χ4v) is 2.78. The van der Waals surface area contributed by atoms with Crippen molar-refractivity contribution in [1.82, 2.24) is 20.1 Å². The fourth-order valence-electron chi connectivity index (χ4n) is 2.78. The summed E-state index contributed by atoms with van der Waals surface area (Å²) in [5.41, 5.74) is 0.802. The highest BCUT2D eigenvalue weighted by molar-refractivity contribution is 5.87. The molecule has 2 rings (SSSR count). The third-order valence-electron chi connectivity index (χ3n) is 4.20. The van der Waals surface area contributed by atoms with Gasteiger partial charge in [-0.2, -0.15) is 0 Å². The van der Waals surface area contributed by atoms with Crippen molar-refractivity contribution in [3.8, 4) is 0 Å². The van der Waals surface area contributed by atoms with Crippen molar-refractivity contribution in [2.24, 2.45) is 0 Å². The number of amides is 1. The quantitative estimate of drug-likeness (QED) is 0.684. The summed E-state index contributed by atoms with van der Waals surface area (Å²) < 4.78 is 5.10. The van der Waals surface area contributed by atoms with Gasteiger partial charge in [-0.1, -0.05) is 0 Å². The molecule has 2 heterocycles. The zero-order valence-electron chi connectivity index (χ0n) is 14.6. The highest BCUT2D eigenvalue weighted by Crippen LogP contribution is 2.04. The number of nitrogens with zero attached hydrogens (tertiary/aromatic N) is 3. The minimum atomic E-state index is -0.984. The first kappa shape index (κ1) is 19.3. The number of methoxy groups -OCH3 is 1. The molecular weight excluding hydrogens is 324 g/mol. The van der Waals surface area contributed by atoms with Crippen LogP contribution < -0.4 is 5.32 Å². The van der Waals surface area contributed by atoms with Crippen LogP contribution in [-0.4, -0.2) is 84.8 Å². The van der Waals surface area contributed by atoms with Crippen LogP contribution in [0, 0.1) is 0 Å². The van der Waals surface area contributed by atoms with Gasteiger partial charge in [0.2, 0.25) is 5.91 Å². The largest absolute Gasteiger partial charge is 0.478 e. The van der Waals surface area contributed by atoms with E-state index in [1.807, 2.05) is 4.90 Å². The van der Waals surface area contributed by atoms with Gasteiger partial charge in [-0.3, -0.25) is 14.7 Å². The number of nitrogens with one attached hydrogen (secondary N) is 1. The maximum absolute atomic E-state index is 12.3. The summed E-state index contributed by atoms with van der Waals surface area (Å²) in [5.74, 6) is -0.926. The van der Waals surface area contributed by atoms with E-state index in [-0.39, 0.29) is 18.0 Å². The van der Waals surface area contributed by atoms with Gasteiger partial charge in [0.25, 0.3) is 0 Å². The Kier molecular flexibility index (Phi) is 7.77. The molecule has 1 aliphatic heterocycles. The summed E-state index contributed by atoms with van der Waals surface area (Å²) in [6.07, 6.45) is 2.42. The lowest BCUT2D eigenvalue weighted by atomic mass is 10.2. The monoisotopic (exact) mass is 350 g/mol. The molecule has 1 saturated heterocycles. The number of ether oxygens (including phenoxy) is 1. The Hall–Kier alpha value is -2.03. The third kappa shape index (κ3) is 6.41. The first-order chi connectivity index (χ1) is 12.1. The maximum Gasteiger partial charge on any atom is 0.335 e. The molecule has 8 nitrogen and oxygen atoms in total. The summed E-state index contributed by atoms with van der Waals surface area (Å²) in [4.78, 5) is 31.6. The Morgan fingerprint density at radius 1 is 1.32 bits per heavy atom. The minimum Gasteiger partial charge on any atom is -0.478 e. The molecule has 0 spiro atoms. The van der Waals surface area contributed by atoms with Crippen molar-refractivity contribution in [3.05, 3.63) is 29.6 Å². The lowest BCUT2D eigenvalue weighted by Crippen LogP contribution is -2.40. The van der Waals surface area contributed by atoms with E-state index in [0.29, 0.717) is 18.8 Å². The molecule has 1 aromatic heterocycles. The number of carbonyl (C=O) groups is 2. The molecule has 0 bridgehead atoms. The smallest absolute Gasteiger partial charge is 0.335 e. The highest BCUT2D eigenvalue weighted by Gasteiger charge is 2.18. The van der Waals surface area contributed by atoms with Crippen molar-refractivity contribution >= 4 is 11.9 Å². The number of aromatic carboxylic acids is 1. The number of hydrogen-bond donors (Lipinski definition) is 2. The zero-order valence-corrected chi connectivity index (χ0v) is 14.6. The Balaban J connectivity index is 1.74. The summed E-state index contributed by atoms with van der Waals surface area (Å²) in [7, 11) is 1.69. The summed E-state index contributed by atoms with van der Waals surface area (Å²) in [6, 6.07) is 2.96. The van der Waals surface area contributed by atoms with E-state index in [9.17, 15) is 9.59 Å². The predicted molar refractivity (Wildman–Crippen MR) is 92.4 cm³/mol. The molecule has 2 N–H and O–H groups in total. The molecule has 0 unspecified atom stereocenters. The number of aromatic nitrogens is 1. The van der Waals surface area contributed by atoms with Crippen molar-refractivity contribution < 1.29 is 19.4 Å². The molecule has 138 valence electrons. The molecule has 1 amide bonds. The van der Waals surface area contributed by atoms with Crippen LogP contribution in [-0.2, 0) is 16.1 Å². The van der Waals surface area contributed by atoms with Crippen LogP contribution in [0.4, 0.5) is 0 Å². The molecular formula is C17H26N4O4. The standard InChI is InChI=1S/C17H26N4O4/c1-25-10-9-20-5-2-6-21(8-7-20)16(22)13-18-12-15-11-14(17(23)24)3-4-19-15/h3-4,11,18H,2,5-10,12-13H2,1H3,(H,23,24). The van der Waals surface area contributed by atoms with Gasteiger partial charge in [-0.25, -0.2) is 4.79 Å². The molecule has 1 aliphatic rings. The van der Waals surface area contributed by atoms with Gasteiger partial charge >= 0.3 is 5.97 Å². The number of carbonyl (C=O) groups excluding carboxylic acids is 1. The lowest BCUT2D eigenvalue weighted by molar-refractivity contribution is -0.130. The normalized spacial score (nSPS) is 15.8. The van der Waals surface area contributed by atoms with E-state index in [2.05, 4.69) is 15.2 Å². The van der Waals surface area contributed by atoms with E-state index < -0.39 is 5.97 Å². The van der Waals surface area contributed by atoms with Crippen LogP contribution in [0.2, 0.25) is 0 Å². The van der Waals surface area contributed by atoms with E-state index in [1.165, 1.54) is 18.3 Å². The van der Waals surface area contributed by atoms with E-state index >= 15 is 0 Å². The van der Waals surface area contributed by atoms with E-state index in [4.69, 9.17) is 9.84 Å². The number of pyridine rings is 1. The third-order valence-corrected chi connectivity index (χ3v) is 4.20.